The first-order valence-corrected chi connectivity index (χ1v) is 10.8. The Morgan fingerprint density at radius 2 is 2.10 bits per heavy atom. The van der Waals surface area contributed by atoms with E-state index in [1.807, 2.05) is 26.2 Å². The van der Waals surface area contributed by atoms with E-state index in [1.54, 1.807) is 6.20 Å². The quantitative estimate of drug-likeness (QED) is 0.499. The average Bonchev–Trinajstić information content (AvgIpc) is 3.44. The van der Waals surface area contributed by atoms with E-state index in [0.29, 0.717) is 11.6 Å². The number of primary amides is 1. The Morgan fingerprint density at radius 3 is 2.87 bits per heavy atom. The van der Waals surface area contributed by atoms with Crippen LogP contribution in [0.15, 0.2) is 47.1 Å². The van der Waals surface area contributed by atoms with Crippen molar-refractivity contribution in [3.63, 3.8) is 0 Å². The van der Waals surface area contributed by atoms with Crippen LogP contribution in [0.25, 0.3) is 22.6 Å². The van der Waals surface area contributed by atoms with Crippen molar-refractivity contribution in [3.8, 4) is 11.4 Å². The predicted octanol–water partition coefficient (Wildman–Crippen LogP) is 3.54. The van der Waals surface area contributed by atoms with Crippen molar-refractivity contribution in [2.45, 2.75) is 12.5 Å². The summed E-state index contributed by atoms with van der Waals surface area (Å²) < 4.78 is 0.821. The van der Waals surface area contributed by atoms with E-state index in [-0.39, 0.29) is 23.8 Å². The number of carbonyl (C=O) groups is 1. The number of amides is 1. The van der Waals surface area contributed by atoms with Crippen LogP contribution >= 0.6 is 15.9 Å². The van der Waals surface area contributed by atoms with Crippen molar-refractivity contribution in [1.82, 2.24) is 15.0 Å². The van der Waals surface area contributed by atoms with Gasteiger partial charge in [-0.05, 0) is 46.3 Å². The van der Waals surface area contributed by atoms with Gasteiger partial charge in [-0.1, -0.05) is 24.3 Å². The second-order valence-electron chi connectivity index (χ2n) is 8.26. The number of H-pyrrole nitrogens is 1. The maximum atomic E-state index is 12.1. The zero-order valence-corrected chi connectivity index (χ0v) is 18.3. The minimum absolute atomic E-state index is 0.0387. The van der Waals surface area contributed by atoms with Gasteiger partial charge in [-0.3, -0.25) is 4.79 Å². The van der Waals surface area contributed by atoms with Gasteiger partial charge in [0, 0.05) is 37.6 Å². The molecule has 2 aliphatic carbocycles. The number of rotatable bonds is 5. The number of pyridine rings is 1. The van der Waals surface area contributed by atoms with Gasteiger partial charge in [0.05, 0.1) is 16.1 Å². The topological polar surface area (TPSA) is 99.9 Å². The van der Waals surface area contributed by atoms with Gasteiger partial charge in [-0.2, -0.15) is 0 Å². The van der Waals surface area contributed by atoms with E-state index < -0.39 is 0 Å². The highest BCUT2D eigenvalue weighted by molar-refractivity contribution is 9.10. The van der Waals surface area contributed by atoms with Gasteiger partial charge in [0.2, 0.25) is 5.91 Å². The molecule has 2 bridgehead atoms. The van der Waals surface area contributed by atoms with Gasteiger partial charge in [0.25, 0.3) is 0 Å². The highest BCUT2D eigenvalue weighted by Gasteiger charge is 2.47. The summed E-state index contributed by atoms with van der Waals surface area (Å²) in [6.45, 7) is 0. The third-order valence-electron chi connectivity index (χ3n) is 6.21. The number of fused-ring (bicyclic) bond motifs is 3. The maximum absolute atomic E-state index is 12.1. The molecule has 30 heavy (non-hydrogen) atoms. The molecule has 4 atom stereocenters. The fourth-order valence-corrected chi connectivity index (χ4v) is 5.13. The van der Waals surface area contributed by atoms with Crippen molar-refractivity contribution in [3.05, 3.63) is 47.1 Å². The van der Waals surface area contributed by atoms with Crippen LogP contribution in [0, 0.1) is 17.8 Å². The molecular weight excluding hydrogens is 444 g/mol. The summed E-state index contributed by atoms with van der Waals surface area (Å²) in [6.07, 6.45) is 7.03. The molecule has 0 saturated heterocycles. The summed E-state index contributed by atoms with van der Waals surface area (Å²) in [4.78, 5) is 26.8. The fourth-order valence-electron chi connectivity index (χ4n) is 4.72. The lowest BCUT2D eigenvalue weighted by Gasteiger charge is -2.28. The van der Waals surface area contributed by atoms with Crippen LogP contribution in [0.1, 0.15) is 6.42 Å². The van der Waals surface area contributed by atoms with Gasteiger partial charge in [-0.25, -0.2) is 9.97 Å². The molecule has 3 aromatic rings. The normalized spacial score (nSPS) is 24.5. The van der Waals surface area contributed by atoms with Crippen LogP contribution in [-0.4, -0.2) is 41.0 Å². The third-order valence-corrected chi connectivity index (χ3v) is 6.81. The Bertz CT molecular complexity index is 1170. The number of imidazole rings is 1. The number of nitrogens with one attached hydrogen (secondary N) is 2. The largest absolute Gasteiger partial charge is 0.378 e. The number of aromatic nitrogens is 3. The van der Waals surface area contributed by atoms with Crippen LogP contribution in [0.3, 0.4) is 0 Å². The molecule has 2 aliphatic rings. The standard InChI is InChI=1S/C22H23BrN6O/c1-29(2)14-5-3-4-13(9-14)21-27-19-18(15(23)10-25-22(19)28-21)26-17-12-7-6-11(8-12)16(17)20(24)30/h3-7,9-12,16-17H,8H2,1-2H3,(H2,24,30)(H2,25,26,27,28)/t11-,12+,16+,17-/m1/s1. The predicted molar refractivity (Wildman–Crippen MR) is 122 cm³/mol. The van der Waals surface area contributed by atoms with E-state index >= 15 is 0 Å². The van der Waals surface area contributed by atoms with E-state index in [1.165, 1.54) is 0 Å². The molecule has 0 spiro atoms. The molecule has 5 rings (SSSR count). The number of aromatic amines is 1. The second kappa shape index (κ2) is 7.12. The van der Waals surface area contributed by atoms with Crippen LogP contribution < -0.4 is 16.0 Å². The average molecular weight is 467 g/mol. The lowest BCUT2D eigenvalue weighted by molar-refractivity contribution is -0.122. The highest BCUT2D eigenvalue weighted by atomic mass is 79.9. The zero-order chi connectivity index (χ0) is 21.0. The minimum atomic E-state index is -0.253. The van der Waals surface area contributed by atoms with Crippen LogP contribution in [-0.2, 0) is 4.79 Å². The zero-order valence-electron chi connectivity index (χ0n) is 16.8. The number of carbonyl (C=O) groups excluding carboxylic acids is 1. The maximum Gasteiger partial charge on any atom is 0.223 e. The van der Waals surface area contributed by atoms with Gasteiger partial charge in [0.1, 0.15) is 11.3 Å². The number of nitrogens with zero attached hydrogens (tertiary/aromatic N) is 3. The van der Waals surface area contributed by atoms with Gasteiger partial charge >= 0.3 is 0 Å². The molecule has 1 amide bonds. The van der Waals surface area contributed by atoms with E-state index in [2.05, 4.69) is 60.4 Å². The van der Waals surface area contributed by atoms with Crippen molar-refractivity contribution >= 4 is 44.4 Å². The highest BCUT2D eigenvalue weighted by Crippen LogP contribution is 2.46. The minimum Gasteiger partial charge on any atom is -0.378 e. The van der Waals surface area contributed by atoms with E-state index in [4.69, 9.17) is 10.7 Å². The van der Waals surface area contributed by atoms with Crippen LogP contribution in [0.4, 0.5) is 11.4 Å². The van der Waals surface area contributed by atoms with Gasteiger partial charge in [0.15, 0.2) is 5.65 Å². The van der Waals surface area contributed by atoms with Crippen molar-refractivity contribution in [2.24, 2.45) is 23.5 Å². The summed E-state index contributed by atoms with van der Waals surface area (Å²) in [7, 11) is 4.02. The SMILES string of the molecule is CN(C)c1cccc(-c2nc3ncc(Br)c(N[C@H]4[C@@H](C(N)=O)[C@@H]5C=C[C@H]4C5)c3[nH]2)c1. The van der Waals surface area contributed by atoms with Gasteiger partial charge in [-0.15, -0.1) is 0 Å². The Morgan fingerprint density at radius 1 is 1.30 bits per heavy atom. The summed E-state index contributed by atoms with van der Waals surface area (Å²) in [5, 5.41) is 3.59. The van der Waals surface area contributed by atoms with Crippen molar-refractivity contribution in [2.75, 3.05) is 24.3 Å². The van der Waals surface area contributed by atoms with Crippen molar-refractivity contribution < 1.29 is 4.79 Å². The Balaban J connectivity index is 1.55. The fraction of sp³-hybridized carbons (Fsp3) is 0.318. The molecule has 1 saturated carbocycles. The number of hydrogen-bond acceptors (Lipinski definition) is 5. The number of allylic oxidation sites excluding steroid dienone is 1. The lowest BCUT2D eigenvalue weighted by Crippen LogP contribution is -2.41. The molecule has 1 aromatic carbocycles. The van der Waals surface area contributed by atoms with Crippen molar-refractivity contribution in [1.29, 1.82) is 0 Å². The van der Waals surface area contributed by atoms with E-state index in [9.17, 15) is 4.79 Å². The second-order valence-corrected chi connectivity index (χ2v) is 9.11. The first-order chi connectivity index (χ1) is 14.4. The summed E-state index contributed by atoms with van der Waals surface area (Å²) >= 11 is 3.62. The summed E-state index contributed by atoms with van der Waals surface area (Å²) in [5.74, 6) is 0.793. The van der Waals surface area contributed by atoms with Gasteiger partial charge < -0.3 is 20.9 Å². The molecule has 0 aliphatic heterocycles. The van der Waals surface area contributed by atoms with Crippen LogP contribution in [0.2, 0.25) is 0 Å². The molecular formula is C22H23BrN6O. The summed E-state index contributed by atoms with van der Waals surface area (Å²) in [5.41, 5.74) is 10.1. The molecule has 4 N–H and O–H groups in total. The molecule has 0 unspecified atom stereocenters. The number of halogens is 1. The Kier molecular flexibility index (Phi) is 4.54. The summed E-state index contributed by atoms with van der Waals surface area (Å²) in [6, 6.07) is 8.14. The smallest absolute Gasteiger partial charge is 0.223 e. The van der Waals surface area contributed by atoms with Crippen LogP contribution in [0.5, 0.6) is 0 Å². The number of hydrogen-bond donors (Lipinski definition) is 3. The molecule has 2 heterocycles. The Labute approximate surface area is 182 Å². The first kappa shape index (κ1) is 19.1. The molecule has 2 aromatic heterocycles. The monoisotopic (exact) mass is 466 g/mol. The molecule has 7 nitrogen and oxygen atoms in total. The number of anilines is 2. The third kappa shape index (κ3) is 3.06. The molecule has 1 fully saturated rings. The lowest BCUT2D eigenvalue weighted by atomic mass is 9.88. The van der Waals surface area contributed by atoms with E-state index in [0.717, 1.165) is 39.2 Å². The number of nitrogens with two attached hydrogens (primary N) is 1. The first-order valence-electron chi connectivity index (χ1n) is 9.98. The molecule has 8 heteroatoms. The molecule has 0 radical (unpaired) electrons. The Hall–Kier alpha value is -2.87. The molecule has 154 valence electrons. The number of benzene rings is 1.